The normalized spacial score (nSPS) is 12.1. The first-order valence-electron chi connectivity index (χ1n) is 4.91. The van der Waals surface area contributed by atoms with Crippen molar-refractivity contribution in [1.82, 2.24) is 0 Å². The molecule has 0 aliphatic heterocycles. The lowest BCUT2D eigenvalue weighted by Crippen LogP contribution is -2.18. The van der Waals surface area contributed by atoms with E-state index in [9.17, 15) is 18.3 Å². The molecule has 0 saturated heterocycles. The summed E-state index contributed by atoms with van der Waals surface area (Å²) < 4.78 is 40.6. The maximum Gasteiger partial charge on any atom is 0.573 e. The first-order chi connectivity index (χ1) is 8.37. The fourth-order valence-corrected chi connectivity index (χ4v) is 1.35. The number of hydrogen-bond acceptors (Lipinski definition) is 2. The van der Waals surface area contributed by atoms with Gasteiger partial charge in [-0.05, 0) is 23.8 Å². The molecule has 0 bridgehead atoms. The molecule has 0 spiro atoms. The predicted octanol–water partition coefficient (Wildman–Crippen LogP) is 4.05. The zero-order valence-electron chi connectivity index (χ0n) is 9.37. The van der Waals surface area contributed by atoms with Gasteiger partial charge in [0.25, 0.3) is 0 Å². The van der Waals surface area contributed by atoms with Crippen LogP contribution in [0.4, 0.5) is 13.2 Å². The predicted molar refractivity (Wildman–Crippen MR) is 63.2 cm³/mol. The fraction of sp³-hybridized carbons (Fsp3) is 0.0769. The van der Waals surface area contributed by atoms with Gasteiger partial charge in [-0.15, -0.1) is 13.2 Å². The van der Waals surface area contributed by atoms with Crippen molar-refractivity contribution in [2.75, 3.05) is 0 Å². The van der Waals surface area contributed by atoms with Crippen LogP contribution in [-0.4, -0.2) is 11.5 Å². The minimum atomic E-state index is -4.80. The second-order valence-electron chi connectivity index (χ2n) is 3.29. The van der Waals surface area contributed by atoms with E-state index in [-0.39, 0.29) is 11.3 Å². The van der Waals surface area contributed by atoms with E-state index in [0.717, 1.165) is 18.2 Å². The van der Waals surface area contributed by atoms with Crippen molar-refractivity contribution >= 4 is 5.57 Å². The molecule has 0 fully saturated rings. The number of ether oxygens (including phenoxy) is 1. The quantitative estimate of drug-likeness (QED) is 0.823. The van der Waals surface area contributed by atoms with Crippen LogP contribution >= 0.6 is 0 Å². The second kappa shape index (κ2) is 5.44. The van der Waals surface area contributed by atoms with Gasteiger partial charge in [0, 0.05) is 5.56 Å². The molecule has 18 heavy (non-hydrogen) atoms. The third-order valence-corrected chi connectivity index (χ3v) is 2.02. The topological polar surface area (TPSA) is 29.5 Å². The Balaban J connectivity index is 3.31. The van der Waals surface area contributed by atoms with Gasteiger partial charge in [0.15, 0.2) is 0 Å². The van der Waals surface area contributed by atoms with E-state index in [1.54, 1.807) is 0 Å². The number of alkyl halides is 3. The summed E-state index contributed by atoms with van der Waals surface area (Å²) in [5.41, 5.74) is 0.447. The van der Waals surface area contributed by atoms with Crippen molar-refractivity contribution in [1.29, 1.82) is 0 Å². The Morgan fingerprint density at radius 3 is 2.44 bits per heavy atom. The zero-order chi connectivity index (χ0) is 13.8. The lowest BCUT2D eigenvalue weighted by molar-refractivity contribution is -0.274. The van der Waals surface area contributed by atoms with Crippen LogP contribution in [0.15, 0.2) is 49.6 Å². The van der Waals surface area contributed by atoms with Gasteiger partial charge < -0.3 is 9.84 Å². The van der Waals surface area contributed by atoms with Gasteiger partial charge in [0.05, 0.1) is 0 Å². The van der Waals surface area contributed by atoms with E-state index in [1.807, 2.05) is 0 Å². The molecule has 0 saturated carbocycles. The summed E-state index contributed by atoms with van der Waals surface area (Å²) in [6.45, 7) is 6.94. The van der Waals surface area contributed by atoms with E-state index in [4.69, 9.17) is 0 Å². The van der Waals surface area contributed by atoms with Crippen molar-refractivity contribution in [3.05, 3.63) is 55.1 Å². The number of phenols is 1. The molecule has 1 rings (SSSR count). The molecular formula is C13H11F3O2. The lowest BCUT2D eigenvalue weighted by Gasteiger charge is -2.14. The van der Waals surface area contributed by atoms with Crippen molar-refractivity contribution in [3.8, 4) is 11.5 Å². The Kier molecular flexibility index (Phi) is 4.20. The SMILES string of the molecule is C=C/C=C(\C=C)c1cc(O)ccc1OC(F)(F)F. The first-order valence-corrected chi connectivity index (χ1v) is 4.91. The minimum Gasteiger partial charge on any atom is -0.508 e. The molecule has 1 aromatic carbocycles. The van der Waals surface area contributed by atoms with Crippen molar-refractivity contribution < 1.29 is 23.0 Å². The number of rotatable bonds is 4. The van der Waals surface area contributed by atoms with E-state index < -0.39 is 12.1 Å². The summed E-state index contributed by atoms with van der Waals surface area (Å²) in [5, 5.41) is 9.32. The van der Waals surface area contributed by atoms with Gasteiger partial charge in [-0.25, -0.2) is 0 Å². The van der Waals surface area contributed by atoms with E-state index in [1.165, 1.54) is 18.2 Å². The van der Waals surface area contributed by atoms with Crippen LogP contribution in [0, 0.1) is 0 Å². The van der Waals surface area contributed by atoms with Crippen LogP contribution in [0.3, 0.4) is 0 Å². The van der Waals surface area contributed by atoms with Crippen molar-refractivity contribution in [3.63, 3.8) is 0 Å². The van der Waals surface area contributed by atoms with Gasteiger partial charge in [-0.1, -0.05) is 31.4 Å². The molecule has 0 amide bonds. The Morgan fingerprint density at radius 2 is 1.94 bits per heavy atom. The average molecular weight is 256 g/mol. The number of benzene rings is 1. The van der Waals surface area contributed by atoms with Crippen LogP contribution in [0.25, 0.3) is 5.57 Å². The molecule has 1 N–H and O–H groups in total. The van der Waals surface area contributed by atoms with Crippen LogP contribution in [-0.2, 0) is 0 Å². The Hall–Kier alpha value is -2.17. The van der Waals surface area contributed by atoms with Gasteiger partial charge in [0.2, 0.25) is 0 Å². The molecule has 0 aromatic heterocycles. The summed E-state index contributed by atoms with van der Waals surface area (Å²) >= 11 is 0. The summed E-state index contributed by atoms with van der Waals surface area (Å²) in [4.78, 5) is 0. The highest BCUT2D eigenvalue weighted by molar-refractivity contribution is 5.79. The maximum absolute atomic E-state index is 12.2. The van der Waals surface area contributed by atoms with Crippen molar-refractivity contribution in [2.45, 2.75) is 6.36 Å². The smallest absolute Gasteiger partial charge is 0.508 e. The third kappa shape index (κ3) is 3.69. The van der Waals surface area contributed by atoms with Crippen molar-refractivity contribution in [2.24, 2.45) is 0 Å². The molecule has 0 aliphatic rings. The van der Waals surface area contributed by atoms with Gasteiger partial charge >= 0.3 is 6.36 Å². The Bertz CT molecular complexity index is 487. The summed E-state index contributed by atoms with van der Waals surface area (Å²) in [6.07, 6.45) is -0.588. The van der Waals surface area contributed by atoms with Crippen LogP contribution in [0.2, 0.25) is 0 Å². The molecular weight excluding hydrogens is 245 g/mol. The van der Waals surface area contributed by atoms with E-state index in [0.29, 0.717) is 5.57 Å². The molecule has 96 valence electrons. The van der Waals surface area contributed by atoms with Crippen LogP contribution in [0.1, 0.15) is 5.56 Å². The third-order valence-electron chi connectivity index (χ3n) is 2.02. The number of aromatic hydroxyl groups is 1. The first kappa shape index (κ1) is 13.9. The van der Waals surface area contributed by atoms with Gasteiger partial charge in [-0.2, -0.15) is 0 Å². The largest absolute Gasteiger partial charge is 0.573 e. The Morgan fingerprint density at radius 1 is 1.28 bits per heavy atom. The monoisotopic (exact) mass is 256 g/mol. The van der Waals surface area contributed by atoms with E-state index in [2.05, 4.69) is 17.9 Å². The average Bonchev–Trinajstić information content (AvgIpc) is 2.27. The maximum atomic E-state index is 12.2. The molecule has 5 heteroatoms. The molecule has 2 nitrogen and oxygen atoms in total. The highest BCUT2D eigenvalue weighted by Crippen LogP contribution is 2.33. The standard InChI is InChI=1S/C13H11F3O2/c1-3-5-9(4-2)11-8-10(17)6-7-12(11)18-13(14,15)16/h3-8,17H,1-2H2/b9-5+. The number of hydrogen-bond donors (Lipinski definition) is 1. The fourth-order valence-electron chi connectivity index (χ4n) is 1.35. The molecule has 0 heterocycles. The molecule has 0 aliphatic carbocycles. The summed E-state index contributed by atoms with van der Waals surface area (Å²) in [7, 11) is 0. The summed E-state index contributed by atoms with van der Waals surface area (Å²) in [6, 6.07) is 3.32. The number of halogens is 3. The Labute approximate surface area is 102 Å². The molecule has 1 aromatic rings. The molecule has 0 atom stereocenters. The number of allylic oxidation sites excluding steroid dienone is 4. The molecule has 0 unspecified atom stereocenters. The summed E-state index contributed by atoms with van der Waals surface area (Å²) in [5.74, 6) is -0.579. The van der Waals surface area contributed by atoms with Gasteiger partial charge in [-0.3, -0.25) is 0 Å². The van der Waals surface area contributed by atoms with Crippen LogP contribution < -0.4 is 4.74 Å². The molecule has 0 radical (unpaired) electrons. The van der Waals surface area contributed by atoms with Gasteiger partial charge in [0.1, 0.15) is 11.5 Å². The zero-order valence-corrected chi connectivity index (χ0v) is 9.37. The lowest BCUT2D eigenvalue weighted by atomic mass is 10.0. The number of phenolic OH excluding ortho intramolecular Hbond substituents is 1. The highest BCUT2D eigenvalue weighted by atomic mass is 19.4. The van der Waals surface area contributed by atoms with E-state index >= 15 is 0 Å². The second-order valence-corrected chi connectivity index (χ2v) is 3.29. The highest BCUT2D eigenvalue weighted by Gasteiger charge is 2.32. The van der Waals surface area contributed by atoms with Crippen LogP contribution in [0.5, 0.6) is 11.5 Å². The minimum absolute atomic E-state index is 0.0854.